The number of anilines is 1. The molecule has 0 fully saturated rings. The van der Waals surface area contributed by atoms with Gasteiger partial charge >= 0.3 is 5.97 Å². The lowest BCUT2D eigenvalue weighted by molar-refractivity contribution is -0.150. The SMILES string of the molecule is COC(=O)[C@@H]1C(=O)NC(SCC(=O)Nc2cccc(C)c2)=C(C#N)[C@H]1c1ccc(Cl)cc1. The van der Waals surface area contributed by atoms with E-state index in [4.69, 9.17) is 16.3 Å². The Morgan fingerprint density at radius 2 is 1.97 bits per heavy atom. The summed E-state index contributed by atoms with van der Waals surface area (Å²) in [6.07, 6.45) is 0. The summed E-state index contributed by atoms with van der Waals surface area (Å²) in [6.45, 7) is 1.92. The molecule has 0 spiro atoms. The van der Waals surface area contributed by atoms with Gasteiger partial charge in [0.2, 0.25) is 11.8 Å². The molecule has 2 aromatic carbocycles. The van der Waals surface area contributed by atoms with E-state index in [1.807, 2.05) is 25.1 Å². The summed E-state index contributed by atoms with van der Waals surface area (Å²) in [7, 11) is 1.18. The number of rotatable bonds is 6. The monoisotopic (exact) mass is 469 g/mol. The minimum Gasteiger partial charge on any atom is -0.468 e. The maximum atomic E-state index is 12.8. The Morgan fingerprint density at radius 3 is 2.59 bits per heavy atom. The normalized spacial score (nSPS) is 17.9. The van der Waals surface area contributed by atoms with Crippen molar-refractivity contribution in [1.82, 2.24) is 5.32 Å². The molecule has 2 atom stereocenters. The smallest absolute Gasteiger partial charge is 0.319 e. The maximum Gasteiger partial charge on any atom is 0.319 e. The summed E-state index contributed by atoms with van der Waals surface area (Å²) in [4.78, 5) is 37.6. The third kappa shape index (κ3) is 5.31. The standard InChI is InChI=1S/C23H20ClN3O4S/c1-13-4-3-5-16(10-13)26-18(28)12-32-22-17(11-25)19(14-6-8-15(24)9-7-14)20(21(29)27-22)23(30)31-2/h3-10,19-20H,12H2,1-2H3,(H,26,28)(H,27,29)/t19-,20+/m1/s1. The van der Waals surface area contributed by atoms with Gasteiger partial charge in [-0.25, -0.2) is 0 Å². The van der Waals surface area contributed by atoms with Gasteiger partial charge in [0.05, 0.1) is 29.5 Å². The van der Waals surface area contributed by atoms with E-state index in [9.17, 15) is 19.6 Å². The Morgan fingerprint density at radius 1 is 1.25 bits per heavy atom. The van der Waals surface area contributed by atoms with Gasteiger partial charge in [0.15, 0.2) is 0 Å². The van der Waals surface area contributed by atoms with Crippen LogP contribution in [0.15, 0.2) is 59.1 Å². The number of amides is 2. The number of halogens is 1. The summed E-state index contributed by atoms with van der Waals surface area (Å²) in [5.74, 6) is -3.78. The maximum absolute atomic E-state index is 12.8. The summed E-state index contributed by atoms with van der Waals surface area (Å²) < 4.78 is 4.81. The molecule has 1 heterocycles. The van der Waals surface area contributed by atoms with Gasteiger partial charge in [0.1, 0.15) is 5.92 Å². The number of nitriles is 1. The summed E-state index contributed by atoms with van der Waals surface area (Å²) >= 11 is 6.99. The molecule has 9 heteroatoms. The zero-order valence-electron chi connectivity index (χ0n) is 17.3. The summed E-state index contributed by atoms with van der Waals surface area (Å²) in [5, 5.41) is 16.0. The van der Waals surface area contributed by atoms with Crippen molar-refractivity contribution in [3.05, 3.63) is 75.3 Å². The average Bonchev–Trinajstić information content (AvgIpc) is 2.77. The van der Waals surface area contributed by atoms with Crippen LogP contribution < -0.4 is 10.6 Å². The van der Waals surface area contributed by atoms with E-state index in [0.29, 0.717) is 16.3 Å². The highest BCUT2D eigenvalue weighted by molar-refractivity contribution is 8.03. The second kappa shape index (κ2) is 10.4. The molecule has 1 aliphatic heterocycles. The highest BCUT2D eigenvalue weighted by Crippen LogP contribution is 2.40. The molecule has 2 aromatic rings. The van der Waals surface area contributed by atoms with E-state index < -0.39 is 23.7 Å². The van der Waals surface area contributed by atoms with Gasteiger partial charge in [-0.05, 0) is 42.3 Å². The van der Waals surface area contributed by atoms with E-state index in [1.54, 1.807) is 30.3 Å². The van der Waals surface area contributed by atoms with Gasteiger partial charge in [0, 0.05) is 16.6 Å². The third-order valence-electron chi connectivity index (χ3n) is 4.86. The molecule has 0 radical (unpaired) electrons. The van der Waals surface area contributed by atoms with E-state index in [2.05, 4.69) is 16.7 Å². The number of hydrogen-bond donors (Lipinski definition) is 2. The van der Waals surface area contributed by atoms with Crippen molar-refractivity contribution in [3.63, 3.8) is 0 Å². The molecule has 164 valence electrons. The Hall–Kier alpha value is -3.28. The lowest BCUT2D eigenvalue weighted by atomic mass is 9.78. The first-order valence-electron chi connectivity index (χ1n) is 9.61. The number of benzene rings is 2. The van der Waals surface area contributed by atoms with Crippen molar-refractivity contribution < 1.29 is 19.1 Å². The second-order valence-corrected chi connectivity index (χ2v) is 8.50. The van der Waals surface area contributed by atoms with Gasteiger partial charge in [-0.15, -0.1) is 0 Å². The minimum atomic E-state index is -1.23. The number of nitrogens with zero attached hydrogens (tertiary/aromatic N) is 1. The van der Waals surface area contributed by atoms with Crippen LogP contribution in [-0.2, 0) is 19.1 Å². The van der Waals surface area contributed by atoms with Crippen LogP contribution in [0.4, 0.5) is 5.69 Å². The fraction of sp³-hybridized carbons (Fsp3) is 0.217. The molecule has 0 unspecified atom stereocenters. The molecule has 0 aromatic heterocycles. The van der Waals surface area contributed by atoms with E-state index >= 15 is 0 Å². The second-order valence-electron chi connectivity index (χ2n) is 7.08. The Balaban J connectivity index is 1.88. The number of thioether (sulfide) groups is 1. The highest BCUT2D eigenvalue weighted by atomic mass is 35.5. The molecule has 0 bridgehead atoms. The van der Waals surface area contributed by atoms with Crippen LogP contribution in [0.25, 0.3) is 0 Å². The fourth-order valence-electron chi connectivity index (χ4n) is 3.41. The van der Waals surface area contributed by atoms with Crippen LogP contribution in [-0.4, -0.2) is 30.6 Å². The number of esters is 1. The molecule has 7 nitrogen and oxygen atoms in total. The zero-order chi connectivity index (χ0) is 23.3. The molecule has 1 aliphatic rings. The van der Waals surface area contributed by atoms with Gasteiger partial charge in [0.25, 0.3) is 0 Å². The summed E-state index contributed by atoms with van der Waals surface area (Å²) in [6, 6.07) is 16.0. The number of nitrogens with one attached hydrogen (secondary N) is 2. The first kappa shape index (κ1) is 23.4. The fourth-order valence-corrected chi connectivity index (χ4v) is 4.38. The van der Waals surface area contributed by atoms with Gasteiger partial charge < -0.3 is 15.4 Å². The zero-order valence-corrected chi connectivity index (χ0v) is 18.9. The predicted octanol–water partition coefficient (Wildman–Crippen LogP) is 3.76. The molecule has 32 heavy (non-hydrogen) atoms. The lowest BCUT2D eigenvalue weighted by Crippen LogP contribution is -2.44. The number of methoxy groups -OCH3 is 1. The number of carbonyl (C=O) groups is 3. The molecule has 2 amide bonds. The van der Waals surface area contributed by atoms with Gasteiger partial charge in [-0.2, -0.15) is 5.26 Å². The molecule has 0 saturated carbocycles. The van der Waals surface area contributed by atoms with Crippen molar-refractivity contribution in [2.75, 3.05) is 18.2 Å². The number of carbonyl (C=O) groups excluding carboxylic acids is 3. The van der Waals surface area contributed by atoms with Crippen LogP contribution in [0, 0.1) is 24.2 Å². The van der Waals surface area contributed by atoms with Crippen LogP contribution in [0.2, 0.25) is 5.02 Å². The van der Waals surface area contributed by atoms with Crippen LogP contribution in [0.3, 0.4) is 0 Å². The molecule has 3 rings (SSSR count). The number of aryl methyl sites for hydroxylation is 1. The van der Waals surface area contributed by atoms with Crippen molar-refractivity contribution in [2.45, 2.75) is 12.8 Å². The molecule has 2 N–H and O–H groups in total. The first-order chi connectivity index (χ1) is 15.3. The lowest BCUT2D eigenvalue weighted by Gasteiger charge is -2.30. The van der Waals surface area contributed by atoms with Crippen LogP contribution >= 0.6 is 23.4 Å². The number of ether oxygens (including phenoxy) is 1. The first-order valence-corrected chi connectivity index (χ1v) is 11.0. The van der Waals surface area contributed by atoms with Crippen molar-refractivity contribution >= 4 is 46.8 Å². The van der Waals surface area contributed by atoms with Gasteiger partial charge in [-0.3, -0.25) is 14.4 Å². The molecular formula is C23H20ClN3O4S. The highest BCUT2D eigenvalue weighted by Gasteiger charge is 2.44. The Kier molecular flexibility index (Phi) is 7.57. The average molecular weight is 470 g/mol. The molecule has 0 saturated heterocycles. The third-order valence-corrected chi connectivity index (χ3v) is 6.13. The van der Waals surface area contributed by atoms with Crippen molar-refractivity contribution in [2.24, 2.45) is 5.92 Å². The minimum absolute atomic E-state index is 0.0367. The van der Waals surface area contributed by atoms with E-state index in [1.165, 1.54) is 7.11 Å². The molecule has 0 aliphatic carbocycles. The molecular weight excluding hydrogens is 450 g/mol. The van der Waals surface area contributed by atoms with Crippen molar-refractivity contribution in [1.29, 1.82) is 5.26 Å². The number of hydrogen-bond acceptors (Lipinski definition) is 6. The van der Waals surface area contributed by atoms with Gasteiger partial charge in [-0.1, -0.05) is 47.6 Å². The quantitative estimate of drug-likeness (QED) is 0.492. The number of allylic oxidation sites excluding steroid dienone is 1. The van der Waals surface area contributed by atoms with Crippen LogP contribution in [0.1, 0.15) is 17.0 Å². The van der Waals surface area contributed by atoms with E-state index in [-0.39, 0.29) is 22.3 Å². The Labute approximate surface area is 194 Å². The van der Waals surface area contributed by atoms with E-state index in [0.717, 1.165) is 17.3 Å². The largest absolute Gasteiger partial charge is 0.468 e. The Bertz CT molecular complexity index is 1120. The van der Waals surface area contributed by atoms with Crippen molar-refractivity contribution in [3.8, 4) is 6.07 Å². The predicted molar refractivity (Wildman–Crippen MR) is 123 cm³/mol. The summed E-state index contributed by atoms with van der Waals surface area (Å²) in [5.41, 5.74) is 2.40. The van der Waals surface area contributed by atoms with Crippen LogP contribution in [0.5, 0.6) is 0 Å². The topological polar surface area (TPSA) is 108 Å².